The first-order valence-corrected chi connectivity index (χ1v) is 8.91. The number of carbonyl (C=O) groups excluding carboxylic acids is 1. The van der Waals surface area contributed by atoms with Gasteiger partial charge in [-0.1, -0.05) is 6.42 Å². The summed E-state index contributed by atoms with van der Waals surface area (Å²) in [6, 6.07) is 0.306. The van der Waals surface area contributed by atoms with E-state index < -0.39 is 11.9 Å². The van der Waals surface area contributed by atoms with Gasteiger partial charge in [0.15, 0.2) is 0 Å². The van der Waals surface area contributed by atoms with E-state index in [1.807, 2.05) is 0 Å². The van der Waals surface area contributed by atoms with E-state index in [-0.39, 0.29) is 6.03 Å². The van der Waals surface area contributed by atoms with E-state index in [0.29, 0.717) is 31.5 Å². The summed E-state index contributed by atoms with van der Waals surface area (Å²) < 4.78 is 0. The van der Waals surface area contributed by atoms with Crippen molar-refractivity contribution in [1.29, 1.82) is 0 Å². The number of urea groups is 1. The van der Waals surface area contributed by atoms with Crippen LogP contribution in [0.3, 0.4) is 0 Å². The lowest BCUT2D eigenvalue weighted by molar-refractivity contribution is -0.143. The minimum absolute atomic E-state index is 0.0296. The van der Waals surface area contributed by atoms with Crippen molar-refractivity contribution in [1.82, 2.24) is 10.2 Å². The number of rotatable bonds is 2. The first-order chi connectivity index (χ1) is 10.6. The Balaban J connectivity index is 1.36. The fourth-order valence-electron chi connectivity index (χ4n) is 5.85. The molecule has 3 saturated carbocycles. The molecule has 4 aliphatic rings. The van der Waals surface area contributed by atoms with Crippen molar-refractivity contribution in [2.75, 3.05) is 13.1 Å². The van der Waals surface area contributed by atoms with E-state index in [0.717, 1.165) is 30.6 Å². The number of amides is 2. The van der Waals surface area contributed by atoms with Crippen molar-refractivity contribution in [2.24, 2.45) is 29.6 Å². The molecule has 6 unspecified atom stereocenters. The summed E-state index contributed by atoms with van der Waals surface area (Å²) in [5.41, 5.74) is 0. The predicted molar refractivity (Wildman–Crippen MR) is 81.3 cm³/mol. The van der Waals surface area contributed by atoms with Crippen molar-refractivity contribution in [2.45, 2.75) is 51.0 Å². The average molecular weight is 306 g/mol. The lowest BCUT2D eigenvalue weighted by Crippen LogP contribution is -2.51. The quantitative estimate of drug-likeness (QED) is 0.822. The molecule has 0 spiro atoms. The second-order valence-electron chi connectivity index (χ2n) is 7.83. The van der Waals surface area contributed by atoms with E-state index in [2.05, 4.69) is 5.32 Å². The molecule has 3 aliphatic carbocycles. The van der Waals surface area contributed by atoms with Gasteiger partial charge in [-0.2, -0.15) is 0 Å². The third-order valence-corrected chi connectivity index (χ3v) is 6.80. The molecular formula is C17H26N2O3. The van der Waals surface area contributed by atoms with Gasteiger partial charge in [-0.3, -0.25) is 4.79 Å². The number of hydrogen-bond acceptors (Lipinski definition) is 2. The lowest BCUT2D eigenvalue weighted by Gasteiger charge is -2.35. The molecule has 122 valence electrons. The number of carbonyl (C=O) groups is 2. The molecule has 6 atom stereocenters. The Morgan fingerprint density at radius 2 is 1.82 bits per heavy atom. The maximum absolute atomic E-state index is 12.5. The fraction of sp³-hybridized carbons (Fsp3) is 0.882. The van der Waals surface area contributed by atoms with Crippen LogP contribution in [0.5, 0.6) is 0 Å². The molecule has 2 bridgehead atoms. The van der Waals surface area contributed by atoms with Crippen molar-refractivity contribution >= 4 is 12.0 Å². The molecular weight excluding hydrogens is 280 g/mol. The van der Waals surface area contributed by atoms with E-state index in [1.54, 1.807) is 4.90 Å². The number of fused-ring (bicyclic) bond motifs is 5. The Hall–Kier alpha value is -1.26. The number of carboxylic acid groups (broad SMARTS) is 1. The molecule has 1 aliphatic heterocycles. The maximum atomic E-state index is 12.5. The minimum atomic E-state index is -0.772. The molecule has 0 radical (unpaired) electrons. The lowest BCUT2D eigenvalue weighted by atomic mass is 9.79. The predicted octanol–water partition coefficient (Wildman–Crippen LogP) is 2.32. The molecule has 1 saturated heterocycles. The summed E-state index contributed by atoms with van der Waals surface area (Å²) in [5.74, 6) is 2.13. The van der Waals surface area contributed by atoms with E-state index in [4.69, 9.17) is 5.11 Å². The number of carboxylic acids is 1. The number of aliphatic carboxylic acids is 1. The Labute approximate surface area is 131 Å². The van der Waals surface area contributed by atoms with Crippen LogP contribution in [0.2, 0.25) is 0 Å². The van der Waals surface area contributed by atoms with Gasteiger partial charge in [0.25, 0.3) is 0 Å². The van der Waals surface area contributed by atoms with Crippen LogP contribution in [-0.4, -0.2) is 41.1 Å². The largest absolute Gasteiger partial charge is 0.481 e. The zero-order valence-electron chi connectivity index (χ0n) is 13.0. The van der Waals surface area contributed by atoms with E-state index >= 15 is 0 Å². The van der Waals surface area contributed by atoms with Crippen LogP contribution in [0.1, 0.15) is 44.9 Å². The molecule has 22 heavy (non-hydrogen) atoms. The third kappa shape index (κ3) is 2.29. The van der Waals surface area contributed by atoms with Gasteiger partial charge in [0.1, 0.15) is 0 Å². The smallest absolute Gasteiger partial charge is 0.317 e. The number of nitrogens with one attached hydrogen (secondary N) is 1. The van der Waals surface area contributed by atoms with Gasteiger partial charge in [-0.25, -0.2) is 4.79 Å². The van der Waals surface area contributed by atoms with Crippen LogP contribution in [-0.2, 0) is 4.79 Å². The first kappa shape index (κ1) is 14.3. The first-order valence-electron chi connectivity index (χ1n) is 8.91. The SMILES string of the molecule is O=C(O)C1CCCN(C(=O)NC2CC3CC2C2CCCC32)C1. The van der Waals surface area contributed by atoms with Crippen LogP contribution in [0, 0.1) is 29.6 Å². The van der Waals surface area contributed by atoms with Gasteiger partial charge in [0, 0.05) is 19.1 Å². The molecule has 0 aromatic heterocycles. The highest BCUT2D eigenvalue weighted by Gasteiger charge is 2.54. The topological polar surface area (TPSA) is 69.6 Å². The molecule has 2 amide bonds. The molecule has 0 aromatic rings. The highest BCUT2D eigenvalue weighted by atomic mass is 16.4. The second kappa shape index (κ2) is 5.43. The van der Waals surface area contributed by atoms with Crippen molar-refractivity contribution in [3.8, 4) is 0 Å². The van der Waals surface area contributed by atoms with Gasteiger partial charge < -0.3 is 15.3 Å². The second-order valence-corrected chi connectivity index (χ2v) is 7.83. The standard InChI is InChI=1S/C17H26N2O3/c20-16(21)10-3-2-6-19(9-10)17(22)18-15-8-11-7-14(15)13-5-1-4-12(11)13/h10-15H,1-9H2,(H,18,22)(H,20,21). The maximum Gasteiger partial charge on any atom is 0.317 e. The van der Waals surface area contributed by atoms with Crippen LogP contribution >= 0.6 is 0 Å². The summed E-state index contributed by atoms with van der Waals surface area (Å²) in [5, 5.41) is 12.4. The molecule has 2 N–H and O–H groups in total. The highest BCUT2D eigenvalue weighted by molar-refractivity contribution is 5.76. The number of piperidine rings is 1. The van der Waals surface area contributed by atoms with Crippen LogP contribution < -0.4 is 5.32 Å². The van der Waals surface area contributed by atoms with Gasteiger partial charge >= 0.3 is 12.0 Å². The number of nitrogens with zero attached hydrogens (tertiary/aromatic N) is 1. The molecule has 5 nitrogen and oxygen atoms in total. The molecule has 4 fully saturated rings. The minimum Gasteiger partial charge on any atom is -0.481 e. The van der Waals surface area contributed by atoms with Crippen molar-refractivity contribution < 1.29 is 14.7 Å². The monoisotopic (exact) mass is 306 g/mol. The summed E-state index contributed by atoms with van der Waals surface area (Å²) >= 11 is 0. The summed E-state index contributed by atoms with van der Waals surface area (Å²) in [6.45, 7) is 1.07. The van der Waals surface area contributed by atoms with Crippen LogP contribution in [0.4, 0.5) is 4.79 Å². The van der Waals surface area contributed by atoms with Crippen molar-refractivity contribution in [3.05, 3.63) is 0 Å². The normalized spacial score (nSPS) is 43.2. The molecule has 0 aromatic carbocycles. The van der Waals surface area contributed by atoms with Gasteiger partial charge in [0.05, 0.1) is 5.92 Å². The van der Waals surface area contributed by atoms with Crippen molar-refractivity contribution in [3.63, 3.8) is 0 Å². The highest BCUT2D eigenvalue weighted by Crippen LogP contribution is 2.58. The third-order valence-electron chi connectivity index (χ3n) is 6.80. The summed E-state index contributed by atoms with van der Waals surface area (Å²) in [6.07, 6.45) is 8.06. The van der Waals surface area contributed by atoms with Crippen LogP contribution in [0.25, 0.3) is 0 Å². The van der Waals surface area contributed by atoms with Gasteiger partial charge in [-0.05, 0) is 62.2 Å². The van der Waals surface area contributed by atoms with Crippen LogP contribution in [0.15, 0.2) is 0 Å². The number of hydrogen-bond donors (Lipinski definition) is 2. The Morgan fingerprint density at radius 1 is 1.00 bits per heavy atom. The zero-order valence-corrected chi connectivity index (χ0v) is 13.0. The zero-order chi connectivity index (χ0) is 15.3. The fourth-order valence-corrected chi connectivity index (χ4v) is 5.85. The molecule has 1 heterocycles. The van der Waals surface area contributed by atoms with E-state index in [9.17, 15) is 9.59 Å². The number of likely N-dealkylation sites (tertiary alicyclic amines) is 1. The van der Waals surface area contributed by atoms with Gasteiger partial charge in [0.2, 0.25) is 0 Å². The van der Waals surface area contributed by atoms with E-state index in [1.165, 1.54) is 25.7 Å². The average Bonchev–Trinajstić information content (AvgIpc) is 3.19. The molecule has 5 heteroatoms. The molecule has 4 rings (SSSR count). The van der Waals surface area contributed by atoms with Gasteiger partial charge in [-0.15, -0.1) is 0 Å². The summed E-state index contributed by atoms with van der Waals surface area (Å²) in [7, 11) is 0. The Kier molecular flexibility index (Phi) is 3.54. The Bertz CT molecular complexity index is 481. The Morgan fingerprint density at radius 3 is 2.64 bits per heavy atom. The summed E-state index contributed by atoms with van der Waals surface area (Å²) in [4.78, 5) is 25.4.